The molecular weight excluding hydrogens is 335 g/mol. The monoisotopic (exact) mass is 348 g/mol. The molecule has 0 radical (unpaired) electrons. The van der Waals surface area contributed by atoms with Gasteiger partial charge in [0.2, 0.25) is 0 Å². The first-order valence-electron chi connectivity index (χ1n) is 5.73. The summed E-state index contributed by atoms with van der Waals surface area (Å²) in [6, 6.07) is 5.36. The quantitative estimate of drug-likeness (QED) is 0.653. The highest BCUT2D eigenvalue weighted by atomic mass is 79.9. The van der Waals surface area contributed by atoms with E-state index in [0.717, 1.165) is 12.3 Å². The van der Waals surface area contributed by atoms with Gasteiger partial charge in [0.15, 0.2) is 0 Å². The molecule has 0 bridgehead atoms. The largest absolute Gasteiger partial charge is 0.206 e. The minimum atomic E-state index is -0.175. The summed E-state index contributed by atoms with van der Waals surface area (Å²) in [4.78, 5) is 0.676. The Morgan fingerprint density at radius 2 is 2.12 bits per heavy atom. The van der Waals surface area contributed by atoms with Gasteiger partial charge in [-0.2, -0.15) is 0 Å². The molecular formula is C13H15Br2F. The van der Waals surface area contributed by atoms with Crippen LogP contribution in [0.5, 0.6) is 0 Å². The molecule has 1 aromatic carbocycles. The van der Waals surface area contributed by atoms with Crippen LogP contribution >= 0.6 is 31.9 Å². The van der Waals surface area contributed by atoms with Crippen LogP contribution in [0, 0.1) is 11.7 Å². The van der Waals surface area contributed by atoms with Gasteiger partial charge in [-0.05, 0) is 58.8 Å². The Bertz CT molecular complexity index is 365. The fraction of sp³-hybridized carbons (Fsp3) is 0.538. The van der Waals surface area contributed by atoms with E-state index in [4.69, 9.17) is 0 Å². The highest BCUT2D eigenvalue weighted by Crippen LogP contribution is 2.31. The highest BCUT2D eigenvalue weighted by molar-refractivity contribution is 9.10. The van der Waals surface area contributed by atoms with Crippen LogP contribution in [0.3, 0.4) is 0 Å². The van der Waals surface area contributed by atoms with E-state index in [1.807, 2.05) is 12.1 Å². The fourth-order valence-corrected chi connectivity index (χ4v) is 3.69. The number of benzene rings is 1. The first-order chi connectivity index (χ1) is 7.65. The maximum absolute atomic E-state index is 13.1. The van der Waals surface area contributed by atoms with Crippen molar-refractivity contribution in [1.82, 2.24) is 0 Å². The van der Waals surface area contributed by atoms with E-state index in [1.54, 1.807) is 6.07 Å². The highest BCUT2D eigenvalue weighted by Gasteiger charge is 2.20. The minimum absolute atomic E-state index is 0.175. The number of hydrogen-bond donors (Lipinski definition) is 0. The van der Waals surface area contributed by atoms with Crippen molar-refractivity contribution in [3.8, 4) is 0 Å². The lowest BCUT2D eigenvalue weighted by atomic mass is 9.85. The summed E-state index contributed by atoms with van der Waals surface area (Å²) in [6.45, 7) is 0. The molecule has 1 saturated carbocycles. The van der Waals surface area contributed by atoms with Crippen molar-refractivity contribution in [2.75, 3.05) is 0 Å². The Labute approximate surface area is 113 Å². The predicted molar refractivity (Wildman–Crippen MR) is 72.5 cm³/mol. The van der Waals surface area contributed by atoms with Gasteiger partial charge in [-0.15, -0.1) is 0 Å². The van der Waals surface area contributed by atoms with Crippen LogP contribution in [0.25, 0.3) is 0 Å². The molecule has 0 heterocycles. The second-order valence-corrected chi connectivity index (χ2v) is 6.73. The third-order valence-electron chi connectivity index (χ3n) is 3.23. The van der Waals surface area contributed by atoms with Crippen LogP contribution in [-0.2, 0) is 6.42 Å². The molecule has 88 valence electrons. The number of alkyl halides is 1. The van der Waals surface area contributed by atoms with E-state index in [-0.39, 0.29) is 5.82 Å². The van der Waals surface area contributed by atoms with Crippen LogP contribution in [0.1, 0.15) is 31.2 Å². The summed E-state index contributed by atoms with van der Waals surface area (Å²) < 4.78 is 13.7. The Hall–Kier alpha value is 0.110. The van der Waals surface area contributed by atoms with E-state index in [9.17, 15) is 4.39 Å². The SMILES string of the molecule is Fc1ccc(CC2CCCC(Br)C2)cc1Br. The standard InChI is InChI=1S/C13H15Br2F/c14-11-3-1-2-9(7-11)6-10-4-5-13(16)12(15)8-10/h4-5,8-9,11H,1-3,6-7H2. The van der Waals surface area contributed by atoms with Gasteiger partial charge < -0.3 is 0 Å². The molecule has 0 saturated heterocycles. The van der Waals surface area contributed by atoms with Crippen molar-refractivity contribution < 1.29 is 4.39 Å². The molecule has 1 fully saturated rings. The predicted octanol–water partition coefficient (Wildman–Crippen LogP) is 5.08. The topological polar surface area (TPSA) is 0 Å². The van der Waals surface area contributed by atoms with Crippen molar-refractivity contribution >= 4 is 31.9 Å². The Morgan fingerprint density at radius 1 is 1.31 bits per heavy atom. The Kier molecular flexibility index (Phi) is 4.42. The summed E-state index contributed by atoms with van der Waals surface area (Å²) >= 11 is 6.94. The summed E-state index contributed by atoms with van der Waals surface area (Å²) in [5.41, 5.74) is 1.24. The van der Waals surface area contributed by atoms with E-state index >= 15 is 0 Å². The summed E-state index contributed by atoms with van der Waals surface area (Å²) in [6.07, 6.45) is 6.22. The zero-order valence-corrected chi connectivity index (χ0v) is 12.2. The van der Waals surface area contributed by atoms with Crippen molar-refractivity contribution in [3.63, 3.8) is 0 Å². The molecule has 0 aromatic heterocycles. The molecule has 1 aliphatic rings. The van der Waals surface area contributed by atoms with Gasteiger partial charge in [-0.3, -0.25) is 0 Å². The molecule has 3 heteroatoms. The zero-order chi connectivity index (χ0) is 11.5. The van der Waals surface area contributed by atoms with Gasteiger partial charge in [0.1, 0.15) is 5.82 Å². The van der Waals surface area contributed by atoms with Crippen LogP contribution in [0.15, 0.2) is 22.7 Å². The minimum Gasteiger partial charge on any atom is -0.206 e. The van der Waals surface area contributed by atoms with Gasteiger partial charge in [0.25, 0.3) is 0 Å². The van der Waals surface area contributed by atoms with Crippen LogP contribution in [0.4, 0.5) is 4.39 Å². The molecule has 0 N–H and O–H groups in total. The maximum atomic E-state index is 13.1. The van der Waals surface area contributed by atoms with Gasteiger partial charge in [-0.1, -0.05) is 34.8 Å². The normalized spacial score (nSPS) is 25.7. The number of halogens is 3. The van der Waals surface area contributed by atoms with Crippen LogP contribution < -0.4 is 0 Å². The number of hydrogen-bond acceptors (Lipinski definition) is 0. The summed E-state index contributed by atoms with van der Waals surface area (Å²) in [7, 11) is 0. The molecule has 0 amide bonds. The average molecular weight is 350 g/mol. The van der Waals surface area contributed by atoms with Crippen molar-refractivity contribution in [2.45, 2.75) is 36.9 Å². The molecule has 1 aromatic rings. The lowest BCUT2D eigenvalue weighted by Crippen LogP contribution is -2.17. The summed E-state index contributed by atoms with van der Waals surface area (Å²) in [5, 5.41) is 0. The fourth-order valence-electron chi connectivity index (χ4n) is 2.41. The van der Waals surface area contributed by atoms with Gasteiger partial charge in [-0.25, -0.2) is 4.39 Å². The van der Waals surface area contributed by atoms with Crippen molar-refractivity contribution in [1.29, 1.82) is 0 Å². The molecule has 0 aliphatic heterocycles. The number of rotatable bonds is 2. The van der Waals surface area contributed by atoms with E-state index in [2.05, 4.69) is 31.9 Å². The van der Waals surface area contributed by atoms with E-state index in [1.165, 1.54) is 31.2 Å². The van der Waals surface area contributed by atoms with E-state index < -0.39 is 0 Å². The van der Waals surface area contributed by atoms with Gasteiger partial charge in [0, 0.05) is 4.83 Å². The molecule has 0 spiro atoms. The maximum Gasteiger partial charge on any atom is 0.137 e. The van der Waals surface area contributed by atoms with E-state index in [0.29, 0.717) is 9.30 Å². The van der Waals surface area contributed by atoms with Gasteiger partial charge >= 0.3 is 0 Å². The van der Waals surface area contributed by atoms with Crippen LogP contribution in [0.2, 0.25) is 0 Å². The van der Waals surface area contributed by atoms with Gasteiger partial charge in [0.05, 0.1) is 4.47 Å². The molecule has 1 aliphatic carbocycles. The van der Waals surface area contributed by atoms with Crippen molar-refractivity contribution in [2.24, 2.45) is 5.92 Å². The van der Waals surface area contributed by atoms with Crippen LogP contribution in [-0.4, -0.2) is 4.83 Å². The van der Waals surface area contributed by atoms with Crippen molar-refractivity contribution in [3.05, 3.63) is 34.1 Å². The Balaban J connectivity index is 2.00. The summed E-state index contributed by atoms with van der Waals surface area (Å²) in [5.74, 6) is 0.571. The zero-order valence-electron chi connectivity index (χ0n) is 9.06. The second kappa shape index (κ2) is 5.63. The smallest absolute Gasteiger partial charge is 0.137 e. The molecule has 2 atom stereocenters. The molecule has 2 unspecified atom stereocenters. The average Bonchev–Trinajstić information content (AvgIpc) is 2.24. The third kappa shape index (κ3) is 3.30. The lowest BCUT2D eigenvalue weighted by Gasteiger charge is -2.25. The Morgan fingerprint density at radius 3 is 2.81 bits per heavy atom. The first kappa shape index (κ1) is 12.6. The lowest BCUT2D eigenvalue weighted by molar-refractivity contribution is 0.367. The molecule has 0 nitrogen and oxygen atoms in total. The third-order valence-corrected chi connectivity index (χ3v) is 4.67. The first-order valence-corrected chi connectivity index (χ1v) is 7.44. The second-order valence-electron chi connectivity index (χ2n) is 4.58. The molecule has 2 rings (SSSR count). The molecule has 16 heavy (non-hydrogen) atoms.